The number of carbonyl (C=O) groups is 2. The van der Waals surface area contributed by atoms with Crippen LogP contribution < -0.4 is 5.48 Å². The van der Waals surface area contributed by atoms with Crippen molar-refractivity contribution in [1.82, 2.24) is 24.7 Å². The first-order valence-corrected chi connectivity index (χ1v) is 9.11. The molecule has 8 nitrogen and oxygen atoms in total. The largest absolute Gasteiger partial charge is 0.349 e. The van der Waals surface area contributed by atoms with Crippen LogP contribution >= 0.6 is 0 Å². The van der Waals surface area contributed by atoms with Gasteiger partial charge in [0.25, 0.3) is 11.8 Å². The Balaban J connectivity index is 1.59. The zero-order chi connectivity index (χ0) is 19.7. The maximum atomic E-state index is 13.2. The molecule has 28 heavy (non-hydrogen) atoms. The number of nitrogens with one attached hydrogen (secondary N) is 1. The molecule has 8 heteroatoms. The fourth-order valence-electron chi connectivity index (χ4n) is 3.58. The third-order valence-corrected chi connectivity index (χ3v) is 5.06. The van der Waals surface area contributed by atoms with Gasteiger partial charge >= 0.3 is 0 Å². The molecule has 0 aliphatic carbocycles. The van der Waals surface area contributed by atoms with E-state index in [4.69, 9.17) is 5.21 Å². The van der Waals surface area contributed by atoms with Crippen molar-refractivity contribution in [2.45, 2.75) is 26.4 Å². The van der Waals surface area contributed by atoms with Crippen LogP contribution in [0.15, 0.2) is 48.8 Å². The summed E-state index contributed by atoms with van der Waals surface area (Å²) >= 11 is 0. The predicted molar refractivity (Wildman–Crippen MR) is 101 cm³/mol. The molecule has 4 rings (SSSR count). The van der Waals surface area contributed by atoms with Crippen molar-refractivity contribution in [2.24, 2.45) is 0 Å². The molecule has 1 aliphatic rings. The Hall–Kier alpha value is -3.39. The van der Waals surface area contributed by atoms with Crippen LogP contribution in [0.1, 0.15) is 38.5 Å². The van der Waals surface area contributed by atoms with Crippen molar-refractivity contribution in [2.75, 3.05) is 6.54 Å². The average Bonchev–Trinajstić information content (AvgIpc) is 3.24. The summed E-state index contributed by atoms with van der Waals surface area (Å²) in [4.78, 5) is 26.6. The Morgan fingerprint density at radius 3 is 2.71 bits per heavy atom. The molecular formula is C20H21N5O3. The Bertz CT molecular complexity index is 1020. The van der Waals surface area contributed by atoms with E-state index >= 15 is 0 Å². The van der Waals surface area contributed by atoms with E-state index in [1.807, 2.05) is 41.8 Å². The van der Waals surface area contributed by atoms with Crippen LogP contribution in [0, 0.1) is 6.92 Å². The minimum atomic E-state index is -0.557. The van der Waals surface area contributed by atoms with E-state index in [9.17, 15) is 9.59 Å². The zero-order valence-electron chi connectivity index (χ0n) is 15.5. The lowest BCUT2D eigenvalue weighted by molar-refractivity contribution is 0.0706. The van der Waals surface area contributed by atoms with E-state index in [1.54, 1.807) is 33.5 Å². The Morgan fingerprint density at radius 2 is 1.96 bits per heavy atom. The Morgan fingerprint density at radius 1 is 1.18 bits per heavy atom. The van der Waals surface area contributed by atoms with Crippen LogP contribution in [-0.2, 0) is 13.1 Å². The zero-order valence-corrected chi connectivity index (χ0v) is 15.5. The van der Waals surface area contributed by atoms with E-state index in [0.717, 1.165) is 23.5 Å². The SMILES string of the molecule is Cc1c(C(=O)N2CCCn3cc(C(=O)NO)cc3C2)cnn1-c1ccccc1. The van der Waals surface area contributed by atoms with Gasteiger partial charge in [-0.1, -0.05) is 18.2 Å². The van der Waals surface area contributed by atoms with Crippen molar-refractivity contribution in [3.8, 4) is 5.69 Å². The summed E-state index contributed by atoms with van der Waals surface area (Å²) in [5.74, 6) is -0.638. The molecule has 0 fully saturated rings. The molecule has 0 saturated heterocycles. The number of fused-ring (bicyclic) bond motifs is 1. The molecule has 2 N–H and O–H groups in total. The lowest BCUT2D eigenvalue weighted by Gasteiger charge is -2.20. The number of amides is 2. The van der Waals surface area contributed by atoms with Gasteiger partial charge in [0.2, 0.25) is 0 Å². The fourth-order valence-corrected chi connectivity index (χ4v) is 3.58. The molecule has 0 spiro atoms. The van der Waals surface area contributed by atoms with Crippen LogP contribution in [-0.4, -0.2) is 42.8 Å². The molecular weight excluding hydrogens is 358 g/mol. The highest BCUT2D eigenvalue weighted by Crippen LogP contribution is 2.21. The maximum Gasteiger partial charge on any atom is 0.276 e. The lowest BCUT2D eigenvalue weighted by Crippen LogP contribution is -2.31. The average molecular weight is 379 g/mol. The van der Waals surface area contributed by atoms with Gasteiger partial charge in [0.1, 0.15) is 0 Å². The molecule has 0 bridgehead atoms. The number of nitrogens with zero attached hydrogens (tertiary/aromatic N) is 4. The second-order valence-electron chi connectivity index (χ2n) is 6.83. The molecule has 0 atom stereocenters. The van der Waals surface area contributed by atoms with Crippen molar-refractivity contribution < 1.29 is 14.8 Å². The molecule has 0 saturated carbocycles. The number of para-hydroxylation sites is 1. The van der Waals surface area contributed by atoms with Gasteiger partial charge in [-0.2, -0.15) is 5.10 Å². The third-order valence-electron chi connectivity index (χ3n) is 5.06. The second kappa shape index (κ2) is 7.32. The van der Waals surface area contributed by atoms with Crippen LogP contribution in [0.4, 0.5) is 0 Å². The summed E-state index contributed by atoms with van der Waals surface area (Å²) in [5.41, 5.74) is 5.14. The number of hydrogen-bond acceptors (Lipinski definition) is 4. The number of benzene rings is 1. The quantitative estimate of drug-likeness (QED) is 0.539. The van der Waals surface area contributed by atoms with E-state index in [2.05, 4.69) is 5.10 Å². The van der Waals surface area contributed by atoms with Gasteiger partial charge in [0, 0.05) is 25.0 Å². The first-order chi connectivity index (χ1) is 13.6. The van der Waals surface area contributed by atoms with Gasteiger partial charge in [-0.15, -0.1) is 0 Å². The minimum absolute atomic E-state index is 0.0810. The monoisotopic (exact) mass is 379 g/mol. The van der Waals surface area contributed by atoms with Crippen molar-refractivity contribution in [1.29, 1.82) is 0 Å². The van der Waals surface area contributed by atoms with E-state index < -0.39 is 5.91 Å². The van der Waals surface area contributed by atoms with Gasteiger partial charge in [-0.3, -0.25) is 14.8 Å². The highest BCUT2D eigenvalue weighted by Gasteiger charge is 2.25. The number of carbonyl (C=O) groups excluding carboxylic acids is 2. The maximum absolute atomic E-state index is 13.2. The molecule has 3 heterocycles. The Kier molecular flexibility index (Phi) is 4.70. The van der Waals surface area contributed by atoms with E-state index in [1.165, 1.54) is 0 Å². The molecule has 0 radical (unpaired) electrons. The summed E-state index contributed by atoms with van der Waals surface area (Å²) < 4.78 is 3.72. The van der Waals surface area contributed by atoms with Crippen LogP contribution in [0.5, 0.6) is 0 Å². The highest BCUT2D eigenvalue weighted by molar-refractivity contribution is 5.95. The topological polar surface area (TPSA) is 92.4 Å². The molecule has 1 aliphatic heterocycles. The second-order valence-corrected chi connectivity index (χ2v) is 6.83. The third kappa shape index (κ3) is 3.18. The van der Waals surface area contributed by atoms with E-state index in [0.29, 0.717) is 30.8 Å². The number of aryl methyl sites for hydroxylation is 1. The highest BCUT2D eigenvalue weighted by atomic mass is 16.5. The summed E-state index contributed by atoms with van der Waals surface area (Å²) in [5, 5.41) is 13.2. The minimum Gasteiger partial charge on any atom is -0.349 e. The number of rotatable bonds is 3. The molecule has 1 aromatic carbocycles. The number of hydrogen-bond donors (Lipinski definition) is 2. The normalized spacial score (nSPS) is 13.7. The summed E-state index contributed by atoms with van der Waals surface area (Å²) in [6.45, 7) is 3.61. The van der Waals surface area contributed by atoms with Crippen LogP contribution in [0.25, 0.3) is 5.69 Å². The summed E-state index contributed by atoms with van der Waals surface area (Å²) in [6.07, 6.45) is 4.09. The predicted octanol–water partition coefficient (Wildman–Crippen LogP) is 2.15. The van der Waals surface area contributed by atoms with Crippen molar-refractivity contribution in [3.63, 3.8) is 0 Å². The van der Waals surface area contributed by atoms with Gasteiger partial charge in [-0.25, -0.2) is 10.2 Å². The van der Waals surface area contributed by atoms with Crippen LogP contribution in [0.2, 0.25) is 0 Å². The van der Waals surface area contributed by atoms with Crippen LogP contribution in [0.3, 0.4) is 0 Å². The summed E-state index contributed by atoms with van der Waals surface area (Å²) in [6, 6.07) is 11.4. The molecule has 3 aromatic rings. The fraction of sp³-hybridized carbons (Fsp3) is 0.250. The lowest BCUT2D eigenvalue weighted by atomic mass is 10.2. The Labute approximate surface area is 162 Å². The van der Waals surface area contributed by atoms with Gasteiger partial charge < -0.3 is 9.47 Å². The summed E-state index contributed by atoms with van der Waals surface area (Å²) in [7, 11) is 0. The van der Waals surface area contributed by atoms with Crippen molar-refractivity contribution >= 4 is 11.8 Å². The molecule has 2 aromatic heterocycles. The van der Waals surface area contributed by atoms with Gasteiger partial charge in [0.15, 0.2) is 0 Å². The van der Waals surface area contributed by atoms with Crippen molar-refractivity contribution in [3.05, 3.63) is 71.3 Å². The number of hydroxylamine groups is 1. The number of aromatic nitrogens is 3. The smallest absolute Gasteiger partial charge is 0.276 e. The first-order valence-electron chi connectivity index (χ1n) is 9.11. The molecule has 0 unspecified atom stereocenters. The molecule has 2 amide bonds. The standard InChI is InChI=1S/C20H21N5O3/c1-14-18(11-21-25(14)16-6-3-2-4-7-16)20(27)24-9-5-8-23-12-15(19(26)22-28)10-17(23)13-24/h2-4,6-7,10-12,28H,5,8-9,13H2,1H3,(H,22,26). The first kappa shape index (κ1) is 18.0. The van der Waals surface area contributed by atoms with Gasteiger partial charge in [0.05, 0.1) is 35.2 Å². The van der Waals surface area contributed by atoms with E-state index in [-0.39, 0.29) is 5.91 Å². The molecule has 144 valence electrons. The van der Waals surface area contributed by atoms with Gasteiger partial charge in [-0.05, 0) is 31.5 Å².